The number of anilines is 1. The van der Waals surface area contributed by atoms with Crippen LogP contribution in [0.2, 0.25) is 0 Å². The van der Waals surface area contributed by atoms with Crippen LogP contribution in [0.3, 0.4) is 0 Å². The predicted molar refractivity (Wildman–Crippen MR) is 54.6 cm³/mol. The van der Waals surface area contributed by atoms with Crippen molar-refractivity contribution in [3.05, 3.63) is 49.0 Å². The second-order valence-corrected chi connectivity index (χ2v) is 3.16. The van der Waals surface area contributed by atoms with Crippen LogP contribution in [0.15, 0.2) is 49.0 Å². The lowest BCUT2D eigenvalue weighted by Gasteiger charge is -2.25. The molecule has 2 rings (SSSR count). The number of alkyl halides is 1. The van der Waals surface area contributed by atoms with E-state index in [-0.39, 0.29) is 5.50 Å². The number of nitrogens with zero attached hydrogens (tertiary/aromatic N) is 2. The maximum absolute atomic E-state index is 6.08. The Hall–Kier alpha value is -1.28. The first-order valence-corrected chi connectivity index (χ1v) is 4.49. The summed E-state index contributed by atoms with van der Waals surface area (Å²) in [5.74, 6) is 0. The van der Waals surface area contributed by atoms with Gasteiger partial charge in [0.05, 0.1) is 11.9 Å². The second kappa shape index (κ2) is 3.62. The average molecular weight is 193 g/mol. The Labute approximate surface area is 82.2 Å². The highest BCUT2D eigenvalue weighted by molar-refractivity contribution is 6.23. The molecule has 1 aromatic heterocycles. The van der Waals surface area contributed by atoms with Gasteiger partial charge in [-0.25, -0.2) is 0 Å². The van der Waals surface area contributed by atoms with Gasteiger partial charge in [0, 0.05) is 12.4 Å². The number of halogens is 1. The molecule has 2 heterocycles. The minimum Gasteiger partial charge on any atom is -0.326 e. The molecular weight excluding hydrogens is 184 g/mol. The molecular formula is C10H9ClN2. The summed E-state index contributed by atoms with van der Waals surface area (Å²) in [5, 5.41) is 0. The van der Waals surface area contributed by atoms with Gasteiger partial charge in [-0.15, -0.1) is 0 Å². The van der Waals surface area contributed by atoms with E-state index in [1.54, 1.807) is 12.4 Å². The monoisotopic (exact) mass is 192 g/mol. The van der Waals surface area contributed by atoms with Crippen molar-refractivity contribution in [3.8, 4) is 0 Å². The molecule has 0 fully saturated rings. The van der Waals surface area contributed by atoms with E-state index in [0.717, 1.165) is 5.69 Å². The van der Waals surface area contributed by atoms with Gasteiger partial charge in [-0.05, 0) is 24.3 Å². The van der Waals surface area contributed by atoms with Gasteiger partial charge in [-0.3, -0.25) is 4.98 Å². The molecule has 0 saturated carbocycles. The van der Waals surface area contributed by atoms with Gasteiger partial charge in [-0.2, -0.15) is 0 Å². The van der Waals surface area contributed by atoms with E-state index in [4.69, 9.17) is 11.6 Å². The Morgan fingerprint density at radius 2 is 2.31 bits per heavy atom. The molecule has 3 heteroatoms. The molecule has 0 spiro atoms. The number of hydrogen-bond acceptors (Lipinski definition) is 2. The third-order valence-electron chi connectivity index (χ3n) is 1.84. The zero-order valence-electron chi connectivity index (χ0n) is 6.97. The van der Waals surface area contributed by atoms with Crippen LogP contribution in [0.1, 0.15) is 0 Å². The molecule has 0 aromatic carbocycles. The summed E-state index contributed by atoms with van der Waals surface area (Å²) < 4.78 is 0. The molecule has 13 heavy (non-hydrogen) atoms. The van der Waals surface area contributed by atoms with E-state index in [1.165, 1.54) is 0 Å². The molecule has 2 nitrogen and oxygen atoms in total. The summed E-state index contributed by atoms with van der Waals surface area (Å²) in [6, 6.07) is 3.87. The highest BCUT2D eigenvalue weighted by atomic mass is 35.5. The van der Waals surface area contributed by atoms with Gasteiger partial charge in [0.2, 0.25) is 0 Å². The molecule has 0 amide bonds. The van der Waals surface area contributed by atoms with Crippen LogP contribution in [0.25, 0.3) is 0 Å². The summed E-state index contributed by atoms with van der Waals surface area (Å²) >= 11 is 6.08. The van der Waals surface area contributed by atoms with Crippen LogP contribution in [-0.4, -0.2) is 10.5 Å². The molecule has 1 aromatic rings. The van der Waals surface area contributed by atoms with Crippen molar-refractivity contribution in [2.75, 3.05) is 4.90 Å². The Morgan fingerprint density at radius 3 is 3.00 bits per heavy atom. The topological polar surface area (TPSA) is 16.1 Å². The van der Waals surface area contributed by atoms with Crippen molar-refractivity contribution in [3.63, 3.8) is 0 Å². The molecule has 0 saturated heterocycles. The summed E-state index contributed by atoms with van der Waals surface area (Å²) in [4.78, 5) is 5.99. The fraction of sp³-hybridized carbons (Fsp3) is 0.100. The maximum Gasteiger partial charge on any atom is 0.127 e. The zero-order chi connectivity index (χ0) is 9.10. The maximum atomic E-state index is 6.08. The normalized spacial score (nSPS) is 20.7. The van der Waals surface area contributed by atoms with Gasteiger partial charge >= 0.3 is 0 Å². The lowest BCUT2D eigenvalue weighted by Crippen LogP contribution is -2.25. The van der Waals surface area contributed by atoms with E-state index in [9.17, 15) is 0 Å². The summed E-state index contributed by atoms with van der Waals surface area (Å²) in [7, 11) is 0. The van der Waals surface area contributed by atoms with Gasteiger partial charge < -0.3 is 4.90 Å². The Morgan fingerprint density at radius 1 is 1.38 bits per heavy atom. The van der Waals surface area contributed by atoms with E-state index in [2.05, 4.69) is 4.98 Å². The summed E-state index contributed by atoms with van der Waals surface area (Å²) in [6.07, 6.45) is 11.3. The van der Waals surface area contributed by atoms with E-state index in [0.29, 0.717) is 0 Å². The first kappa shape index (κ1) is 8.32. The van der Waals surface area contributed by atoms with E-state index in [1.807, 2.05) is 41.5 Å². The molecule has 0 aliphatic carbocycles. The largest absolute Gasteiger partial charge is 0.326 e. The SMILES string of the molecule is ClC1C=CC=CN1c1cccnc1. The standard InChI is InChI=1S/C10H9ClN2/c11-10-5-1-2-7-13(10)9-4-3-6-12-8-9/h1-8,10H. The van der Waals surface area contributed by atoms with Crippen LogP contribution >= 0.6 is 11.6 Å². The fourth-order valence-corrected chi connectivity index (χ4v) is 1.47. The second-order valence-electron chi connectivity index (χ2n) is 2.72. The van der Waals surface area contributed by atoms with Crippen LogP contribution < -0.4 is 4.90 Å². The van der Waals surface area contributed by atoms with Crippen molar-refractivity contribution in [2.45, 2.75) is 5.50 Å². The number of hydrogen-bond donors (Lipinski definition) is 0. The van der Waals surface area contributed by atoms with Crippen molar-refractivity contribution in [1.29, 1.82) is 0 Å². The van der Waals surface area contributed by atoms with Crippen LogP contribution in [0.4, 0.5) is 5.69 Å². The number of aromatic nitrogens is 1. The Kier molecular flexibility index (Phi) is 2.32. The van der Waals surface area contributed by atoms with Crippen LogP contribution in [0, 0.1) is 0 Å². The van der Waals surface area contributed by atoms with E-state index >= 15 is 0 Å². The molecule has 66 valence electrons. The fourth-order valence-electron chi connectivity index (χ4n) is 1.21. The molecule has 1 atom stereocenters. The number of pyridine rings is 1. The van der Waals surface area contributed by atoms with Gasteiger partial charge in [0.1, 0.15) is 5.50 Å². The Balaban J connectivity index is 2.27. The van der Waals surface area contributed by atoms with Crippen molar-refractivity contribution in [1.82, 2.24) is 4.98 Å². The Bertz CT molecular complexity index is 332. The molecule has 0 radical (unpaired) electrons. The number of rotatable bonds is 1. The predicted octanol–water partition coefficient (Wildman–Crippen LogP) is 2.54. The molecule has 0 bridgehead atoms. The highest BCUT2D eigenvalue weighted by Gasteiger charge is 2.12. The van der Waals surface area contributed by atoms with Crippen molar-refractivity contribution >= 4 is 17.3 Å². The lowest BCUT2D eigenvalue weighted by molar-refractivity contribution is 0.995. The molecule has 1 unspecified atom stereocenters. The minimum atomic E-state index is -0.116. The molecule has 0 N–H and O–H groups in total. The van der Waals surface area contributed by atoms with Gasteiger partial charge in [0.25, 0.3) is 0 Å². The smallest absolute Gasteiger partial charge is 0.127 e. The van der Waals surface area contributed by atoms with E-state index < -0.39 is 0 Å². The zero-order valence-corrected chi connectivity index (χ0v) is 7.72. The molecule has 1 aliphatic rings. The van der Waals surface area contributed by atoms with Gasteiger partial charge in [-0.1, -0.05) is 17.7 Å². The third-order valence-corrected chi connectivity index (χ3v) is 2.19. The molecule has 1 aliphatic heterocycles. The highest BCUT2D eigenvalue weighted by Crippen LogP contribution is 2.21. The van der Waals surface area contributed by atoms with Crippen LogP contribution in [0.5, 0.6) is 0 Å². The summed E-state index contributed by atoms with van der Waals surface area (Å²) in [5.41, 5.74) is 0.886. The third kappa shape index (κ3) is 1.73. The summed E-state index contributed by atoms with van der Waals surface area (Å²) in [6.45, 7) is 0. The van der Waals surface area contributed by atoms with Crippen LogP contribution in [-0.2, 0) is 0 Å². The van der Waals surface area contributed by atoms with Gasteiger partial charge in [0.15, 0.2) is 0 Å². The minimum absolute atomic E-state index is 0.116. The first-order chi connectivity index (χ1) is 6.38. The first-order valence-electron chi connectivity index (χ1n) is 4.05. The quantitative estimate of drug-likeness (QED) is 0.502. The van der Waals surface area contributed by atoms with Crippen molar-refractivity contribution < 1.29 is 0 Å². The van der Waals surface area contributed by atoms with Crippen molar-refractivity contribution in [2.24, 2.45) is 0 Å². The average Bonchev–Trinajstić information content (AvgIpc) is 2.20. The number of allylic oxidation sites excluding steroid dienone is 2. The lowest BCUT2D eigenvalue weighted by atomic mass is 10.3.